The molecule has 0 saturated carbocycles. The summed E-state index contributed by atoms with van der Waals surface area (Å²) in [5.74, 6) is 0. The smallest absolute Gasteiger partial charge is 0.319 e. The Bertz CT molecular complexity index is 617. The largest absolute Gasteiger partial charge is 0.334 e. The molecule has 0 atom stereocenters. The van der Waals surface area contributed by atoms with Gasteiger partial charge in [0.05, 0.1) is 0 Å². The van der Waals surface area contributed by atoms with Crippen molar-refractivity contribution in [1.29, 1.82) is 0 Å². The summed E-state index contributed by atoms with van der Waals surface area (Å²) in [6, 6.07) is 10.3. The molecule has 0 spiro atoms. The van der Waals surface area contributed by atoms with Crippen LogP contribution in [0.15, 0.2) is 40.9 Å². The molecule has 2 N–H and O–H groups in total. The fraction of sp³-hybridized carbons (Fsp3) is 0.0769. The number of benzene rings is 1. The van der Waals surface area contributed by atoms with E-state index in [1.807, 2.05) is 24.3 Å². The highest BCUT2D eigenvalue weighted by Gasteiger charge is 2.05. The van der Waals surface area contributed by atoms with Crippen molar-refractivity contribution in [3.8, 4) is 0 Å². The van der Waals surface area contributed by atoms with Crippen molar-refractivity contribution < 1.29 is 4.79 Å². The Morgan fingerprint density at radius 1 is 1.20 bits per heavy atom. The van der Waals surface area contributed by atoms with Gasteiger partial charge in [0.15, 0.2) is 0 Å². The van der Waals surface area contributed by atoms with E-state index in [2.05, 4.69) is 31.5 Å². The van der Waals surface area contributed by atoms with Crippen molar-refractivity contribution in [3.63, 3.8) is 0 Å². The van der Waals surface area contributed by atoms with Crippen LogP contribution in [0.5, 0.6) is 0 Å². The van der Waals surface area contributed by atoms with Crippen LogP contribution in [-0.4, -0.2) is 11.0 Å². The maximum Gasteiger partial charge on any atom is 0.319 e. The number of urea groups is 1. The highest BCUT2D eigenvalue weighted by molar-refractivity contribution is 9.10. The average Bonchev–Trinajstić information content (AvgIpc) is 2.36. The summed E-state index contributed by atoms with van der Waals surface area (Å²) in [6.07, 6.45) is 0. The Morgan fingerprint density at radius 3 is 2.50 bits per heavy atom. The SMILES string of the molecule is O=C(NCc1ccccc1Br)Nc1cc(Cl)nc(Cl)c1. The third kappa shape index (κ3) is 4.37. The summed E-state index contributed by atoms with van der Waals surface area (Å²) in [5, 5.41) is 5.82. The van der Waals surface area contributed by atoms with Gasteiger partial charge in [0.1, 0.15) is 10.3 Å². The third-order valence-electron chi connectivity index (χ3n) is 2.42. The molecule has 1 heterocycles. The first-order chi connectivity index (χ1) is 9.54. The topological polar surface area (TPSA) is 54.0 Å². The number of rotatable bonds is 3. The molecule has 0 aliphatic carbocycles. The van der Waals surface area contributed by atoms with E-state index < -0.39 is 0 Å². The normalized spacial score (nSPS) is 10.2. The highest BCUT2D eigenvalue weighted by Crippen LogP contribution is 2.19. The summed E-state index contributed by atoms with van der Waals surface area (Å²) < 4.78 is 0.940. The van der Waals surface area contributed by atoms with Gasteiger partial charge < -0.3 is 10.6 Å². The summed E-state index contributed by atoms with van der Waals surface area (Å²) in [5.41, 5.74) is 1.47. The van der Waals surface area contributed by atoms with Crippen LogP contribution >= 0.6 is 39.1 Å². The van der Waals surface area contributed by atoms with Crippen LogP contribution in [0.1, 0.15) is 5.56 Å². The first-order valence-electron chi connectivity index (χ1n) is 5.66. The van der Waals surface area contributed by atoms with Gasteiger partial charge in [0.25, 0.3) is 0 Å². The van der Waals surface area contributed by atoms with E-state index in [1.54, 1.807) is 0 Å². The maximum atomic E-state index is 11.8. The van der Waals surface area contributed by atoms with Crippen molar-refractivity contribution in [3.05, 3.63) is 56.7 Å². The minimum absolute atomic E-state index is 0.221. The third-order valence-corrected chi connectivity index (χ3v) is 3.58. The van der Waals surface area contributed by atoms with Gasteiger partial charge in [-0.15, -0.1) is 0 Å². The van der Waals surface area contributed by atoms with Crippen molar-refractivity contribution in [1.82, 2.24) is 10.3 Å². The van der Waals surface area contributed by atoms with Crippen LogP contribution < -0.4 is 10.6 Å². The van der Waals surface area contributed by atoms with E-state index >= 15 is 0 Å². The predicted molar refractivity (Wildman–Crippen MR) is 84.3 cm³/mol. The lowest BCUT2D eigenvalue weighted by atomic mass is 10.2. The summed E-state index contributed by atoms with van der Waals surface area (Å²) in [4.78, 5) is 15.6. The molecule has 7 heteroatoms. The van der Waals surface area contributed by atoms with E-state index in [9.17, 15) is 4.79 Å². The lowest BCUT2D eigenvalue weighted by Gasteiger charge is -2.09. The second-order valence-corrected chi connectivity index (χ2v) is 5.53. The number of aromatic nitrogens is 1. The Balaban J connectivity index is 1.94. The Kier molecular flexibility index (Phi) is 5.23. The number of anilines is 1. The van der Waals surface area contributed by atoms with Crippen LogP contribution in [0.4, 0.5) is 10.5 Å². The van der Waals surface area contributed by atoms with Gasteiger partial charge in [-0.05, 0) is 23.8 Å². The van der Waals surface area contributed by atoms with E-state index in [0.29, 0.717) is 12.2 Å². The molecule has 1 aromatic heterocycles. The first kappa shape index (κ1) is 15.1. The zero-order valence-electron chi connectivity index (χ0n) is 10.2. The van der Waals surface area contributed by atoms with Crippen molar-refractivity contribution >= 4 is 50.9 Å². The molecule has 0 bridgehead atoms. The second-order valence-electron chi connectivity index (χ2n) is 3.90. The van der Waals surface area contributed by atoms with E-state index in [1.165, 1.54) is 12.1 Å². The number of nitrogens with zero attached hydrogens (tertiary/aromatic N) is 1. The molecule has 0 unspecified atom stereocenters. The summed E-state index contributed by atoms with van der Waals surface area (Å²) in [7, 11) is 0. The van der Waals surface area contributed by atoms with Gasteiger partial charge in [0.2, 0.25) is 0 Å². The molecule has 2 amide bonds. The quantitative estimate of drug-likeness (QED) is 0.778. The minimum atomic E-state index is -0.348. The lowest BCUT2D eigenvalue weighted by molar-refractivity contribution is 0.251. The highest BCUT2D eigenvalue weighted by atomic mass is 79.9. The molecule has 0 fully saturated rings. The van der Waals surface area contributed by atoms with Gasteiger partial charge in [-0.1, -0.05) is 57.3 Å². The zero-order chi connectivity index (χ0) is 14.5. The average molecular weight is 375 g/mol. The summed E-state index contributed by atoms with van der Waals surface area (Å²) in [6.45, 7) is 0.403. The number of pyridine rings is 1. The molecule has 0 saturated heterocycles. The molecule has 0 radical (unpaired) electrons. The molecule has 20 heavy (non-hydrogen) atoms. The predicted octanol–water partition coefficient (Wildman–Crippen LogP) is 4.47. The van der Waals surface area contributed by atoms with Crippen LogP contribution in [0.2, 0.25) is 10.3 Å². The number of hydrogen-bond acceptors (Lipinski definition) is 2. The van der Waals surface area contributed by atoms with Crippen molar-refractivity contribution in [2.24, 2.45) is 0 Å². The Morgan fingerprint density at radius 2 is 1.85 bits per heavy atom. The summed E-state index contributed by atoms with van der Waals surface area (Å²) >= 11 is 14.9. The van der Waals surface area contributed by atoms with Gasteiger partial charge in [0, 0.05) is 16.7 Å². The van der Waals surface area contributed by atoms with E-state index in [0.717, 1.165) is 10.0 Å². The lowest BCUT2D eigenvalue weighted by Crippen LogP contribution is -2.28. The molecule has 0 aliphatic heterocycles. The standard InChI is InChI=1S/C13H10BrCl2N3O/c14-10-4-2-1-3-8(10)7-17-13(20)18-9-5-11(15)19-12(16)6-9/h1-6H,7H2,(H2,17,18,19,20). The van der Waals surface area contributed by atoms with Crippen LogP contribution in [0.25, 0.3) is 0 Å². The molecular weight excluding hydrogens is 365 g/mol. The first-order valence-corrected chi connectivity index (χ1v) is 7.21. The second kappa shape index (κ2) is 6.92. The number of carbonyl (C=O) groups excluding carboxylic acids is 1. The van der Waals surface area contributed by atoms with Crippen LogP contribution in [0.3, 0.4) is 0 Å². The van der Waals surface area contributed by atoms with Crippen LogP contribution in [0, 0.1) is 0 Å². The van der Waals surface area contributed by atoms with Crippen molar-refractivity contribution in [2.45, 2.75) is 6.54 Å². The zero-order valence-corrected chi connectivity index (χ0v) is 13.3. The van der Waals surface area contributed by atoms with Gasteiger partial charge in [-0.3, -0.25) is 0 Å². The maximum absolute atomic E-state index is 11.8. The molecule has 4 nitrogen and oxygen atoms in total. The number of amides is 2. The van der Waals surface area contributed by atoms with E-state index in [-0.39, 0.29) is 16.3 Å². The molecule has 2 rings (SSSR count). The molecular formula is C13H10BrCl2N3O. The molecule has 2 aromatic rings. The van der Waals surface area contributed by atoms with Gasteiger partial charge >= 0.3 is 6.03 Å². The molecule has 1 aromatic carbocycles. The Labute approximate surface area is 134 Å². The number of carbonyl (C=O) groups is 1. The number of nitrogens with one attached hydrogen (secondary N) is 2. The number of hydrogen-bond donors (Lipinski definition) is 2. The number of halogens is 3. The van der Waals surface area contributed by atoms with Crippen LogP contribution in [-0.2, 0) is 6.54 Å². The van der Waals surface area contributed by atoms with E-state index in [4.69, 9.17) is 23.2 Å². The molecule has 104 valence electrons. The Hall–Kier alpha value is -1.30. The van der Waals surface area contributed by atoms with Gasteiger partial charge in [-0.25, -0.2) is 9.78 Å². The van der Waals surface area contributed by atoms with Gasteiger partial charge in [-0.2, -0.15) is 0 Å². The molecule has 0 aliphatic rings. The fourth-order valence-electron chi connectivity index (χ4n) is 1.53. The fourth-order valence-corrected chi connectivity index (χ4v) is 2.42. The monoisotopic (exact) mass is 373 g/mol. The minimum Gasteiger partial charge on any atom is -0.334 e. The van der Waals surface area contributed by atoms with Crippen molar-refractivity contribution in [2.75, 3.05) is 5.32 Å².